The average Bonchev–Trinajstić information content (AvgIpc) is 2.66. The Hall–Kier alpha value is -3.02. The van der Waals surface area contributed by atoms with E-state index in [2.05, 4.69) is 5.32 Å². The molecule has 0 fully saturated rings. The summed E-state index contributed by atoms with van der Waals surface area (Å²) < 4.78 is 15.4. The highest BCUT2D eigenvalue weighted by atomic mass is 16.5. The van der Waals surface area contributed by atoms with Crippen LogP contribution in [0.3, 0.4) is 0 Å². The van der Waals surface area contributed by atoms with Gasteiger partial charge in [0.15, 0.2) is 18.1 Å². The van der Waals surface area contributed by atoms with Gasteiger partial charge in [-0.15, -0.1) is 0 Å². The third kappa shape index (κ3) is 5.53. The molecule has 2 aromatic rings. The van der Waals surface area contributed by atoms with Crippen LogP contribution < -0.4 is 14.8 Å². The van der Waals surface area contributed by atoms with Gasteiger partial charge in [0.2, 0.25) is 0 Å². The summed E-state index contributed by atoms with van der Waals surface area (Å²) in [5.74, 6) is 0.437. The maximum atomic E-state index is 11.8. The molecule has 0 saturated heterocycles. The summed E-state index contributed by atoms with van der Waals surface area (Å²) in [6.07, 6.45) is 0.624. The quantitative estimate of drug-likeness (QED) is 0.744. The third-order valence-electron chi connectivity index (χ3n) is 3.53. The predicted octanol–water partition coefficient (Wildman–Crippen LogP) is 2.22. The molecule has 132 valence electrons. The van der Waals surface area contributed by atoms with E-state index in [0.717, 1.165) is 5.56 Å². The molecule has 6 heteroatoms. The van der Waals surface area contributed by atoms with Crippen molar-refractivity contribution < 1.29 is 23.8 Å². The molecule has 0 bridgehead atoms. The molecule has 1 N–H and O–H groups in total. The highest BCUT2D eigenvalue weighted by molar-refractivity contribution is 5.91. The number of rotatable bonds is 8. The largest absolute Gasteiger partial charge is 0.493 e. The molecule has 0 unspecified atom stereocenters. The zero-order valence-corrected chi connectivity index (χ0v) is 14.3. The second kappa shape index (κ2) is 9.32. The van der Waals surface area contributed by atoms with E-state index in [0.29, 0.717) is 30.0 Å². The van der Waals surface area contributed by atoms with Gasteiger partial charge in [0.1, 0.15) is 0 Å². The lowest BCUT2D eigenvalue weighted by Gasteiger charge is -2.10. The van der Waals surface area contributed by atoms with Crippen LogP contribution in [0.1, 0.15) is 15.9 Å². The molecule has 0 aliphatic rings. The second-order valence-corrected chi connectivity index (χ2v) is 5.23. The van der Waals surface area contributed by atoms with E-state index in [4.69, 9.17) is 14.2 Å². The molecule has 2 rings (SSSR count). The number of hydrogen-bond donors (Lipinski definition) is 1. The van der Waals surface area contributed by atoms with Gasteiger partial charge in [0.05, 0.1) is 19.8 Å². The Morgan fingerprint density at radius 3 is 2.36 bits per heavy atom. The van der Waals surface area contributed by atoms with Crippen LogP contribution in [-0.2, 0) is 16.0 Å². The van der Waals surface area contributed by atoms with Crippen molar-refractivity contribution in [1.29, 1.82) is 0 Å². The van der Waals surface area contributed by atoms with Crippen molar-refractivity contribution >= 4 is 11.9 Å². The molecule has 0 aromatic heterocycles. The minimum Gasteiger partial charge on any atom is -0.493 e. The zero-order chi connectivity index (χ0) is 18.1. The molecule has 0 heterocycles. The number of methoxy groups -OCH3 is 2. The van der Waals surface area contributed by atoms with Crippen LogP contribution >= 0.6 is 0 Å². The molecule has 0 radical (unpaired) electrons. The highest BCUT2D eigenvalue weighted by Crippen LogP contribution is 2.27. The number of benzene rings is 2. The number of esters is 1. The van der Waals surface area contributed by atoms with E-state index in [1.165, 1.54) is 0 Å². The molecular weight excluding hydrogens is 322 g/mol. The van der Waals surface area contributed by atoms with Crippen LogP contribution in [-0.4, -0.2) is 39.2 Å². The van der Waals surface area contributed by atoms with Gasteiger partial charge in [0.25, 0.3) is 5.91 Å². The summed E-state index contributed by atoms with van der Waals surface area (Å²) in [6, 6.07) is 14.1. The smallest absolute Gasteiger partial charge is 0.338 e. The van der Waals surface area contributed by atoms with E-state index >= 15 is 0 Å². The van der Waals surface area contributed by atoms with Gasteiger partial charge in [0, 0.05) is 6.54 Å². The Balaban J connectivity index is 1.74. The maximum absolute atomic E-state index is 11.8. The lowest BCUT2D eigenvalue weighted by Crippen LogP contribution is -2.30. The van der Waals surface area contributed by atoms with Gasteiger partial charge < -0.3 is 19.5 Å². The first-order valence-electron chi connectivity index (χ1n) is 7.84. The Bertz CT molecular complexity index is 715. The minimum absolute atomic E-state index is 0.306. The summed E-state index contributed by atoms with van der Waals surface area (Å²) in [6.45, 7) is 0.122. The molecule has 2 aromatic carbocycles. The number of ether oxygens (including phenoxy) is 3. The lowest BCUT2D eigenvalue weighted by atomic mass is 10.1. The van der Waals surface area contributed by atoms with Gasteiger partial charge in [-0.2, -0.15) is 0 Å². The molecule has 1 amide bonds. The molecule has 0 aliphatic heterocycles. The normalized spacial score (nSPS) is 10.0. The maximum Gasteiger partial charge on any atom is 0.338 e. The first-order valence-corrected chi connectivity index (χ1v) is 7.84. The van der Waals surface area contributed by atoms with Crippen LogP contribution in [0.2, 0.25) is 0 Å². The van der Waals surface area contributed by atoms with Gasteiger partial charge >= 0.3 is 5.97 Å². The monoisotopic (exact) mass is 343 g/mol. The van der Waals surface area contributed by atoms with Crippen molar-refractivity contribution in [3.8, 4) is 11.5 Å². The predicted molar refractivity (Wildman–Crippen MR) is 93.0 cm³/mol. The van der Waals surface area contributed by atoms with Crippen molar-refractivity contribution in [2.75, 3.05) is 27.4 Å². The fourth-order valence-electron chi connectivity index (χ4n) is 2.22. The molecule has 0 atom stereocenters. The lowest BCUT2D eigenvalue weighted by molar-refractivity contribution is -0.124. The standard InChI is InChI=1S/C19H21NO5/c1-23-16-9-8-14(12-17(16)24-2)10-11-20-18(21)13-25-19(22)15-6-4-3-5-7-15/h3-9,12H,10-11,13H2,1-2H3,(H,20,21). The fourth-order valence-corrected chi connectivity index (χ4v) is 2.22. The molecule has 25 heavy (non-hydrogen) atoms. The van der Waals surface area contributed by atoms with Crippen molar-refractivity contribution in [3.05, 3.63) is 59.7 Å². The summed E-state index contributed by atoms with van der Waals surface area (Å²) in [4.78, 5) is 23.5. The van der Waals surface area contributed by atoms with Crippen LogP contribution in [0.4, 0.5) is 0 Å². The number of carbonyl (C=O) groups is 2. The summed E-state index contributed by atoms with van der Waals surface area (Å²) in [5, 5.41) is 2.72. The van der Waals surface area contributed by atoms with Crippen molar-refractivity contribution in [2.24, 2.45) is 0 Å². The van der Waals surface area contributed by atoms with Gasteiger partial charge in [-0.1, -0.05) is 24.3 Å². The number of carbonyl (C=O) groups excluding carboxylic acids is 2. The van der Waals surface area contributed by atoms with Gasteiger partial charge in [-0.25, -0.2) is 4.79 Å². The summed E-state index contributed by atoms with van der Waals surface area (Å²) >= 11 is 0. The molecule has 0 saturated carbocycles. The molecule has 0 spiro atoms. The Morgan fingerprint density at radius 1 is 0.960 bits per heavy atom. The average molecular weight is 343 g/mol. The SMILES string of the molecule is COc1ccc(CCNC(=O)COC(=O)c2ccccc2)cc1OC. The van der Waals surface area contributed by atoms with Crippen LogP contribution in [0.25, 0.3) is 0 Å². The topological polar surface area (TPSA) is 73.9 Å². The zero-order valence-electron chi connectivity index (χ0n) is 14.3. The first kappa shape index (κ1) is 18.3. The Labute approximate surface area is 146 Å². The van der Waals surface area contributed by atoms with Crippen molar-refractivity contribution in [1.82, 2.24) is 5.32 Å². The Morgan fingerprint density at radius 2 is 1.68 bits per heavy atom. The highest BCUT2D eigenvalue weighted by Gasteiger charge is 2.09. The van der Waals surface area contributed by atoms with Crippen LogP contribution in [0.5, 0.6) is 11.5 Å². The number of nitrogens with one attached hydrogen (secondary N) is 1. The molecular formula is C19H21NO5. The van der Waals surface area contributed by atoms with E-state index in [9.17, 15) is 9.59 Å². The van der Waals surface area contributed by atoms with Crippen molar-refractivity contribution in [3.63, 3.8) is 0 Å². The third-order valence-corrected chi connectivity index (χ3v) is 3.53. The van der Waals surface area contributed by atoms with E-state index in [1.54, 1.807) is 44.6 Å². The molecule has 0 aliphatic carbocycles. The van der Waals surface area contributed by atoms with Crippen LogP contribution in [0.15, 0.2) is 48.5 Å². The number of amides is 1. The summed E-state index contributed by atoms with van der Waals surface area (Å²) in [7, 11) is 3.15. The van der Waals surface area contributed by atoms with E-state index < -0.39 is 5.97 Å². The minimum atomic E-state index is -0.518. The van der Waals surface area contributed by atoms with Gasteiger partial charge in [-0.05, 0) is 36.2 Å². The fraction of sp³-hybridized carbons (Fsp3) is 0.263. The van der Waals surface area contributed by atoms with Crippen LogP contribution in [0, 0.1) is 0 Å². The van der Waals surface area contributed by atoms with Crippen molar-refractivity contribution in [2.45, 2.75) is 6.42 Å². The van der Waals surface area contributed by atoms with Gasteiger partial charge in [-0.3, -0.25) is 4.79 Å². The first-order chi connectivity index (χ1) is 12.1. The summed E-state index contributed by atoms with van der Waals surface area (Å²) in [5.41, 5.74) is 1.42. The van der Waals surface area contributed by atoms with E-state index in [1.807, 2.05) is 18.2 Å². The van der Waals surface area contributed by atoms with E-state index in [-0.39, 0.29) is 12.5 Å². The number of hydrogen-bond acceptors (Lipinski definition) is 5. The Kier molecular flexibility index (Phi) is 6.83. The second-order valence-electron chi connectivity index (χ2n) is 5.23. The molecule has 6 nitrogen and oxygen atoms in total.